The van der Waals surface area contributed by atoms with Crippen LogP contribution in [0.5, 0.6) is 0 Å². The monoisotopic (exact) mass is 238 g/mol. The largest absolute Gasteiger partial charge is 0.476 e. The maximum absolute atomic E-state index is 10.6. The van der Waals surface area contributed by atoms with E-state index in [2.05, 4.69) is 20.3 Å². The van der Waals surface area contributed by atoms with Gasteiger partial charge in [-0.05, 0) is 0 Å². The fourth-order valence-corrected chi connectivity index (χ4v) is 1.89. The highest BCUT2D eigenvalue weighted by molar-refractivity contribution is 7.13. The lowest BCUT2D eigenvalue weighted by molar-refractivity contribution is 0.0691. The normalized spacial score (nSPS) is 10.2. The number of aromatic carboxylic acids is 1. The zero-order valence-corrected chi connectivity index (χ0v) is 9.12. The van der Waals surface area contributed by atoms with Crippen molar-refractivity contribution in [3.05, 3.63) is 29.3 Å². The number of thiazole rings is 1. The lowest BCUT2D eigenvalue weighted by Crippen LogP contribution is -2.05. The van der Waals surface area contributed by atoms with E-state index in [9.17, 15) is 4.79 Å². The molecule has 0 aromatic carbocycles. The van der Waals surface area contributed by atoms with Gasteiger partial charge in [0.15, 0.2) is 10.8 Å². The molecule has 2 aromatic rings. The Morgan fingerprint density at radius 3 is 3.12 bits per heavy atom. The molecule has 0 saturated heterocycles. The third kappa shape index (κ3) is 2.57. The molecule has 0 saturated carbocycles. The molecule has 7 heteroatoms. The fraction of sp³-hybridized carbons (Fsp3) is 0.222. The lowest BCUT2D eigenvalue weighted by Gasteiger charge is -1.99. The molecule has 2 aromatic heterocycles. The van der Waals surface area contributed by atoms with Crippen molar-refractivity contribution in [2.24, 2.45) is 0 Å². The molecule has 16 heavy (non-hydrogen) atoms. The number of rotatable bonds is 5. The minimum atomic E-state index is -1.00. The van der Waals surface area contributed by atoms with Gasteiger partial charge in [0.1, 0.15) is 0 Å². The average molecular weight is 238 g/mol. The van der Waals surface area contributed by atoms with Gasteiger partial charge in [-0.25, -0.2) is 14.8 Å². The van der Waals surface area contributed by atoms with Crippen molar-refractivity contribution >= 4 is 22.4 Å². The zero-order chi connectivity index (χ0) is 11.4. The fourth-order valence-electron chi connectivity index (χ4n) is 1.18. The molecule has 0 atom stereocenters. The Balaban J connectivity index is 1.83. The van der Waals surface area contributed by atoms with Crippen LogP contribution in [0.1, 0.15) is 16.2 Å². The Morgan fingerprint density at radius 2 is 2.50 bits per heavy atom. The molecule has 0 radical (unpaired) electrons. The van der Waals surface area contributed by atoms with Crippen LogP contribution in [0, 0.1) is 0 Å². The van der Waals surface area contributed by atoms with E-state index in [1.807, 2.05) is 0 Å². The minimum Gasteiger partial charge on any atom is -0.476 e. The average Bonchev–Trinajstić information content (AvgIpc) is 2.87. The van der Waals surface area contributed by atoms with Crippen molar-refractivity contribution in [2.45, 2.75) is 6.42 Å². The van der Waals surface area contributed by atoms with Crippen LogP contribution in [-0.2, 0) is 6.42 Å². The minimum absolute atomic E-state index is 0.0778. The first-order valence-electron chi connectivity index (χ1n) is 4.65. The predicted octanol–water partition coefficient (Wildman–Crippen LogP) is 1.22. The van der Waals surface area contributed by atoms with Crippen molar-refractivity contribution in [2.75, 3.05) is 11.9 Å². The summed E-state index contributed by atoms with van der Waals surface area (Å²) >= 11 is 1.29. The molecule has 0 aliphatic carbocycles. The molecule has 2 rings (SSSR count). The van der Waals surface area contributed by atoms with E-state index in [0.29, 0.717) is 11.7 Å². The van der Waals surface area contributed by atoms with Crippen molar-refractivity contribution in [1.29, 1.82) is 0 Å². The van der Waals surface area contributed by atoms with E-state index in [1.54, 1.807) is 12.5 Å². The molecule has 0 spiro atoms. The standard InChI is InChI=1S/C9H10N4O2S/c14-8(15)7-4-16-9(13-7)11-2-1-6-3-10-5-12-6/h3-5H,1-2H2,(H,10,12)(H,11,13)(H,14,15). The van der Waals surface area contributed by atoms with Crippen LogP contribution in [0.2, 0.25) is 0 Å². The molecule has 3 N–H and O–H groups in total. The van der Waals surface area contributed by atoms with Gasteiger partial charge in [-0.1, -0.05) is 0 Å². The number of hydrogen-bond donors (Lipinski definition) is 3. The summed E-state index contributed by atoms with van der Waals surface area (Å²) in [6.45, 7) is 0.689. The molecule has 0 aliphatic rings. The second kappa shape index (κ2) is 4.75. The van der Waals surface area contributed by atoms with Crippen molar-refractivity contribution in [3.8, 4) is 0 Å². The second-order valence-electron chi connectivity index (χ2n) is 3.10. The Kier molecular flexibility index (Phi) is 3.16. The number of carboxylic acid groups (broad SMARTS) is 1. The molecular weight excluding hydrogens is 228 g/mol. The highest BCUT2D eigenvalue weighted by Gasteiger charge is 2.07. The van der Waals surface area contributed by atoms with Gasteiger partial charge in [-0.2, -0.15) is 0 Å². The molecule has 0 fully saturated rings. The third-order valence-corrected chi connectivity index (χ3v) is 2.75. The quantitative estimate of drug-likeness (QED) is 0.728. The van der Waals surface area contributed by atoms with Gasteiger partial charge in [-0.15, -0.1) is 11.3 Å². The number of carbonyl (C=O) groups is 1. The van der Waals surface area contributed by atoms with Gasteiger partial charge in [0.25, 0.3) is 0 Å². The van der Waals surface area contributed by atoms with Crippen LogP contribution in [0.15, 0.2) is 17.9 Å². The number of nitrogens with zero attached hydrogens (tertiary/aromatic N) is 2. The summed E-state index contributed by atoms with van der Waals surface area (Å²) in [7, 11) is 0. The lowest BCUT2D eigenvalue weighted by atomic mass is 10.3. The van der Waals surface area contributed by atoms with Crippen LogP contribution < -0.4 is 5.32 Å². The Labute approximate surface area is 95.4 Å². The smallest absolute Gasteiger partial charge is 0.355 e. The van der Waals surface area contributed by atoms with Crippen LogP contribution in [0.3, 0.4) is 0 Å². The summed E-state index contributed by atoms with van der Waals surface area (Å²) in [5, 5.41) is 13.9. The SMILES string of the molecule is O=C(O)c1csc(NCCc2cnc[nH]2)n1. The number of H-pyrrole nitrogens is 1. The number of imidazole rings is 1. The molecule has 6 nitrogen and oxygen atoms in total. The summed E-state index contributed by atoms with van der Waals surface area (Å²) in [4.78, 5) is 21.4. The van der Waals surface area contributed by atoms with Crippen molar-refractivity contribution in [1.82, 2.24) is 15.0 Å². The van der Waals surface area contributed by atoms with Gasteiger partial charge in [0.2, 0.25) is 0 Å². The zero-order valence-electron chi connectivity index (χ0n) is 8.30. The van der Waals surface area contributed by atoms with Gasteiger partial charge in [0.05, 0.1) is 6.33 Å². The van der Waals surface area contributed by atoms with Crippen LogP contribution in [0.4, 0.5) is 5.13 Å². The van der Waals surface area contributed by atoms with E-state index in [1.165, 1.54) is 16.7 Å². The summed E-state index contributed by atoms with van der Waals surface area (Å²) in [6, 6.07) is 0. The van der Waals surface area contributed by atoms with E-state index in [4.69, 9.17) is 5.11 Å². The summed E-state index contributed by atoms with van der Waals surface area (Å²) < 4.78 is 0. The molecule has 2 heterocycles. The van der Waals surface area contributed by atoms with Gasteiger partial charge >= 0.3 is 5.97 Å². The number of hydrogen-bond acceptors (Lipinski definition) is 5. The molecule has 0 bridgehead atoms. The maximum atomic E-state index is 10.6. The van der Waals surface area contributed by atoms with Gasteiger partial charge in [0, 0.05) is 30.2 Å². The van der Waals surface area contributed by atoms with Crippen molar-refractivity contribution in [3.63, 3.8) is 0 Å². The summed E-state index contributed by atoms with van der Waals surface area (Å²) in [5.74, 6) is -1.00. The predicted molar refractivity (Wildman–Crippen MR) is 59.9 cm³/mol. The van der Waals surface area contributed by atoms with E-state index in [0.717, 1.165) is 12.1 Å². The van der Waals surface area contributed by atoms with Crippen LogP contribution in [-0.4, -0.2) is 32.6 Å². The van der Waals surface area contributed by atoms with E-state index < -0.39 is 5.97 Å². The summed E-state index contributed by atoms with van der Waals surface area (Å²) in [6.07, 6.45) is 4.18. The molecule has 84 valence electrons. The summed E-state index contributed by atoms with van der Waals surface area (Å²) in [5.41, 5.74) is 1.11. The first-order valence-corrected chi connectivity index (χ1v) is 5.53. The Bertz CT molecular complexity index is 466. The molecule has 0 unspecified atom stereocenters. The first kappa shape index (κ1) is 10.6. The number of carboxylic acids is 1. The van der Waals surface area contributed by atoms with E-state index >= 15 is 0 Å². The van der Waals surface area contributed by atoms with E-state index in [-0.39, 0.29) is 5.69 Å². The Morgan fingerprint density at radius 1 is 1.62 bits per heavy atom. The third-order valence-electron chi connectivity index (χ3n) is 1.95. The molecule has 0 aliphatic heterocycles. The maximum Gasteiger partial charge on any atom is 0.355 e. The van der Waals surface area contributed by atoms with Gasteiger partial charge < -0.3 is 15.4 Å². The number of aromatic amines is 1. The molecule has 0 amide bonds. The second-order valence-corrected chi connectivity index (χ2v) is 3.95. The Hall–Kier alpha value is -1.89. The number of anilines is 1. The topological polar surface area (TPSA) is 90.9 Å². The van der Waals surface area contributed by atoms with Gasteiger partial charge in [-0.3, -0.25) is 0 Å². The van der Waals surface area contributed by atoms with Crippen LogP contribution in [0.25, 0.3) is 0 Å². The first-order chi connectivity index (χ1) is 7.75. The highest BCUT2D eigenvalue weighted by atomic mass is 32.1. The van der Waals surface area contributed by atoms with Crippen molar-refractivity contribution < 1.29 is 9.90 Å². The molecular formula is C9H10N4O2S. The van der Waals surface area contributed by atoms with Crippen LogP contribution >= 0.6 is 11.3 Å². The number of aromatic nitrogens is 3. The number of nitrogens with one attached hydrogen (secondary N) is 2. The highest BCUT2D eigenvalue weighted by Crippen LogP contribution is 2.14.